The van der Waals surface area contributed by atoms with Gasteiger partial charge in [-0.1, -0.05) is 63.4 Å². The minimum atomic E-state index is -1.24. The molecule has 4 fully saturated rings. The third-order valence-corrected chi connectivity index (χ3v) is 13.7. The van der Waals surface area contributed by atoms with E-state index in [2.05, 4.69) is 75.4 Å². The topological polar surface area (TPSA) is 130 Å². The van der Waals surface area contributed by atoms with Crippen molar-refractivity contribution < 1.29 is 37.6 Å². The van der Waals surface area contributed by atoms with E-state index < -0.39 is 29.3 Å². The molecular weight excluding hydrogens is 895 g/mol. The Kier molecular flexibility index (Phi) is 17.0. The average molecular weight is 965 g/mol. The first-order chi connectivity index (χ1) is 34.0. The largest absolute Gasteiger partial charge is 0.488 e. The first-order valence-electron chi connectivity index (χ1n) is 25.1. The third kappa shape index (κ3) is 12.3. The van der Waals surface area contributed by atoms with Gasteiger partial charge in [-0.3, -0.25) is 9.80 Å². The van der Waals surface area contributed by atoms with Crippen LogP contribution in [0.15, 0.2) is 104 Å². The van der Waals surface area contributed by atoms with Gasteiger partial charge in [0.2, 0.25) is 0 Å². The Morgan fingerprint density at radius 1 is 0.857 bits per heavy atom. The molecule has 0 saturated carbocycles. The molecule has 2 unspecified atom stereocenters. The lowest BCUT2D eigenvalue weighted by molar-refractivity contribution is -0.117. The number of ether oxygens (including phenoxy) is 4. The van der Waals surface area contributed by atoms with E-state index in [4.69, 9.17) is 18.9 Å². The third-order valence-electron chi connectivity index (χ3n) is 13.7. The quantitative estimate of drug-likeness (QED) is 0.0818. The predicted octanol–water partition coefficient (Wildman–Crippen LogP) is 8.84. The number of hydrogen-bond donors (Lipinski definition) is 2. The van der Waals surface area contributed by atoms with Crippen LogP contribution in [-0.4, -0.2) is 114 Å². The van der Waals surface area contributed by atoms with E-state index in [9.17, 15) is 18.7 Å². The number of unbranched alkanes of at least 4 members (excludes halogenated alkanes) is 3. The fourth-order valence-electron chi connectivity index (χ4n) is 9.88. The molecule has 70 heavy (non-hydrogen) atoms. The highest BCUT2D eigenvalue weighted by molar-refractivity contribution is 5.95. The number of benzene rings is 4. The minimum absolute atomic E-state index is 0.0250. The molecule has 4 atom stereocenters. The molecule has 14 nitrogen and oxygen atoms in total. The number of β-amino-alcohol motifs (C(OH)–C–C–N with tert-alkyl or cyclic N) is 1. The molecule has 1 aromatic heterocycles. The Morgan fingerprint density at radius 3 is 2.16 bits per heavy atom. The van der Waals surface area contributed by atoms with Crippen LogP contribution in [0.4, 0.5) is 30.6 Å². The second kappa shape index (κ2) is 23.5. The van der Waals surface area contributed by atoms with Gasteiger partial charge in [-0.15, -0.1) is 0 Å². The number of anilines is 3. The van der Waals surface area contributed by atoms with Crippen LogP contribution in [0, 0.1) is 11.6 Å². The molecule has 4 aliphatic heterocycles. The van der Waals surface area contributed by atoms with Crippen LogP contribution in [0.3, 0.4) is 0 Å². The first kappa shape index (κ1) is 50.7. The van der Waals surface area contributed by atoms with Crippen LogP contribution in [0.25, 0.3) is 0 Å². The molecular formula is C54H70F2N8O6. The Hall–Kier alpha value is -5.65. The lowest BCUT2D eigenvalue weighted by Gasteiger charge is -2.37. The number of urea groups is 1. The van der Waals surface area contributed by atoms with Gasteiger partial charge in [0.25, 0.3) is 0 Å². The van der Waals surface area contributed by atoms with Crippen LogP contribution in [-0.2, 0) is 32.8 Å². The van der Waals surface area contributed by atoms with Crippen LogP contribution >= 0.6 is 0 Å². The van der Waals surface area contributed by atoms with E-state index in [1.165, 1.54) is 59.9 Å². The standard InChI is InChI=1S/C40H49F2N7O5.C14H21NO/c1-4-5-6-17-40(51)25-48(38(50)49(40)29(2)3)33-10-8-31(9-11-33)45-18-20-46(21-19-45)32-12-14-34(15-13-32)52-23-37-53-26-39(54-37,24-47-28-43-27-44-47)35-16-7-30(41)22-36(35)42;1-2-3-4-12-5-7-13(8-6-12)14-11-15-9-10-16-14/h7-16,22,27-29,37,51H,4-6,17-21,23-26H2,1-3H3;5-8,14-15H,2-4,9-11H2,1H3/t37-,39+,40?;/m0./s1. The van der Waals surface area contributed by atoms with E-state index in [1.54, 1.807) is 9.80 Å². The summed E-state index contributed by atoms with van der Waals surface area (Å²) in [6, 6.07) is 28.0. The first-order valence-corrected chi connectivity index (χ1v) is 25.1. The van der Waals surface area contributed by atoms with E-state index in [-0.39, 0.29) is 50.0 Å². The SMILES string of the molecule is CCCCCC1(O)CN(c2ccc(N3CCN(c4ccc(OC[C@H]5OC[C@](Cn6cncn6)(c6ccc(F)cc6F)O5)cc4)CC3)cc2)C(=O)N1C(C)C.CCCCc1ccc(C2CNCCO2)cc1. The van der Waals surface area contributed by atoms with Gasteiger partial charge in [-0.05, 0) is 105 Å². The molecule has 9 rings (SSSR count). The number of aromatic nitrogens is 3. The second-order valence-electron chi connectivity index (χ2n) is 19.0. The number of morpholine rings is 1. The Labute approximate surface area is 411 Å². The number of amides is 2. The van der Waals surface area contributed by atoms with E-state index in [0.29, 0.717) is 12.2 Å². The van der Waals surface area contributed by atoms with Crippen molar-refractivity contribution in [3.63, 3.8) is 0 Å². The number of nitrogens with zero attached hydrogens (tertiary/aromatic N) is 7. The fourth-order valence-corrected chi connectivity index (χ4v) is 9.88. The number of carbonyl (C=O) groups is 1. The summed E-state index contributed by atoms with van der Waals surface area (Å²) in [5.41, 5.74) is 3.47. The molecule has 0 spiro atoms. The van der Waals surface area contributed by atoms with Crippen LogP contribution in [0.5, 0.6) is 5.75 Å². The summed E-state index contributed by atoms with van der Waals surface area (Å²) in [4.78, 5) is 25.4. The summed E-state index contributed by atoms with van der Waals surface area (Å²) in [7, 11) is 0. The maximum Gasteiger partial charge on any atom is 0.327 e. The van der Waals surface area contributed by atoms with Gasteiger partial charge in [0.15, 0.2) is 12.0 Å². The van der Waals surface area contributed by atoms with E-state index in [0.717, 1.165) is 88.3 Å². The zero-order valence-electron chi connectivity index (χ0n) is 41.1. The van der Waals surface area contributed by atoms with Crippen molar-refractivity contribution in [2.45, 2.75) is 109 Å². The van der Waals surface area contributed by atoms with Crippen molar-refractivity contribution >= 4 is 23.1 Å². The highest BCUT2D eigenvalue weighted by Crippen LogP contribution is 2.38. The van der Waals surface area contributed by atoms with Gasteiger partial charge in [0.05, 0.1) is 32.4 Å². The van der Waals surface area contributed by atoms with Gasteiger partial charge >= 0.3 is 6.03 Å². The summed E-state index contributed by atoms with van der Waals surface area (Å²) in [5.74, 6) is -0.764. The Balaban J connectivity index is 0.000000348. The number of carbonyl (C=O) groups excluding carboxylic acids is 1. The van der Waals surface area contributed by atoms with Gasteiger partial charge in [-0.2, -0.15) is 5.10 Å². The number of rotatable bonds is 18. The number of hydrogen-bond acceptors (Lipinski definition) is 11. The van der Waals surface area contributed by atoms with Crippen molar-refractivity contribution in [1.82, 2.24) is 25.0 Å². The zero-order valence-corrected chi connectivity index (χ0v) is 41.1. The number of aryl methyl sites for hydroxylation is 1. The zero-order chi connectivity index (χ0) is 49.1. The molecule has 16 heteroatoms. The van der Waals surface area contributed by atoms with Gasteiger partial charge in [-0.25, -0.2) is 23.2 Å². The number of aliphatic hydroxyl groups is 1. The average Bonchev–Trinajstić information content (AvgIpc) is 4.12. The van der Waals surface area contributed by atoms with Gasteiger partial charge in [0, 0.05) is 74.0 Å². The maximum absolute atomic E-state index is 14.9. The fraction of sp³-hybridized carbons (Fsp3) is 0.500. The van der Waals surface area contributed by atoms with Crippen molar-refractivity contribution in [2.75, 3.05) is 80.3 Å². The van der Waals surface area contributed by atoms with Gasteiger partial charge in [0.1, 0.15) is 42.2 Å². The molecule has 4 saturated heterocycles. The summed E-state index contributed by atoms with van der Waals surface area (Å²) < 4.78 is 54.1. The smallest absolute Gasteiger partial charge is 0.327 e. The second-order valence-corrected chi connectivity index (χ2v) is 19.0. The molecule has 5 aromatic rings. The van der Waals surface area contributed by atoms with Crippen molar-refractivity contribution in [2.24, 2.45) is 0 Å². The van der Waals surface area contributed by atoms with Crippen LogP contribution < -0.4 is 24.8 Å². The molecule has 0 radical (unpaired) electrons. The lowest BCUT2D eigenvalue weighted by Crippen LogP contribution is -2.50. The van der Waals surface area contributed by atoms with Crippen molar-refractivity contribution in [3.8, 4) is 5.75 Å². The minimum Gasteiger partial charge on any atom is -0.488 e. The molecule has 2 amide bonds. The molecule has 2 N–H and O–H groups in total. The number of nitrogens with one attached hydrogen (secondary N) is 1. The summed E-state index contributed by atoms with van der Waals surface area (Å²) in [5, 5.41) is 19.0. The number of halogens is 2. The normalized spacial score (nSPS) is 22.7. The van der Waals surface area contributed by atoms with Gasteiger partial charge < -0.3 is 39.2 Å². The summed E-state index contributed by atoms with van der Waals surface area (Å²) in [6.45, 7) is 14.8. The molecule has 0 aliphatic carbocycles. The Morgan fingerprint density at radius 2 is 1.54 bits per heavy atom. The monoisotopic (exact) mass is 965 g/mol. The molecule has 5 heterocycles. The highest BCUT2D eigenvalue weighted by Gasteiger charge is 2.50. The molecule has 4 aromatic carbocycles. The van der Waals surface area contributed by atoms with Crippen LogP contribution in [0.1, 0.15) is 89.0 Å². The Bertz CT molecular complexity index is 2400. The lowest BCUT2D eigenvalue weighted by atomic mass is 9.94. The van der Waals surface area contributed by atoms with Crippen molar-refractivity contribution in [3.05, 3.63) is 132 Å². The summed E-state index contributed by atoms with van der Waals surface area (Å²) in [6.07, 6.45) is 9.61. The van der Waals surface area contributed by atoms with E-state index >= 15 is 0 Å². The molecule has 4 aliphatic rings. The van der Waals surface area contributed by atoms with Crippen LogP contribution in [0.2, 0.25) is 0 Å². The van der Waals surface area contributed by atoms with E-state index in [1.807, 2.05) is 50.2 Å². The number of piperazine rings is 1. The molecule has 376 valence electrons. The highest BCUT2D eigenvalue weighted by atomic mass is 19.1. The van der Waals surface area contributed by atoms with Crippen molar-refractivity contribution in [1.29, 1.82) is 0 Å². The summed E-state index contributed by atoms with van der Waals surface area (Å²) >= 11 is 0. The maximum atomic E-state index is 14.9. The molecule has 0 bridgehead atoms. The predicted molar refractivity (Wildman–Crippen MR) is 267 cm³/mol.